The van der Waals surface area contributed by atoms with E-state index in [1.165, 1.54) is 0 Å². The molecule has 0 aromatic heterocycles. The lowest BCUT2D eigenvalue weighted by Gasteiger charge is -2.20. The van der Waals surface area contributed by atoms with E-state index in [1.807, 2.05) is 0 Å². The van der Waals surface area contributed by atoms with E-state index in [-0.39, 0.29) is 11.5 Å². The van der Waals surface area contributed by atoms with Crippen molar-refractivity contribution in [2.45, 2.75) is 38.3 Å². The van der Waals surface area contributed by atoms with Gasteiger partial charge in [0.15, 0.2) is 26.8 Å². The number of halogens is 3. The zero-order chi connectivity index (χ0) is 16.9. The van der Waals surface area contributed by atoms with E-state index in [0.29, 0.717) is 5.01 Å². The number of alkyl halides is 3. The van der Waals surface area contributed by atoms with Crippen LogP contribution in [0.5, 0.6) is 0 Å². The Balaban J connectivity index is 2.24. The molecule has 2 atom stereocenters. The van der Waals surface area contributed by atoms with Gasteiger partial charge in [0, 0.05) is 13.5 Å². The van der Waals surface area contributed by atoms with E-state index in [1.54, 1.807) is 13.8 Å². The lowest BCUT2D eigenvalue weighted by atomic mass is 10.0. The van der Waals surface area contributed by atoms with Gasteiger partial charge in [0.05, 0.1) is 11.7 Å². The Labute approximate surface area is 125 Å². The predicted molar refractivity (Wildman–Crippen MR) is 71.8 cm³/mol. The average molecular weight is 343 g/mol. The van der Waals surface area contributed by atoms with Gasteiger partial charge < -0.3 is 9.94 Å². The van der Waals surface area contributed by atoms with Gasteiger partial charge in [-0.2, -0.15) is 18.3 Å². The van der Waals surface area contributed by atoms with Crippen LogP contribution in [0, 0.1) is 5.92 Å². The molecule has 0 fully saturated rings. The van der Waals surface area contributed by atoms with Gasteiger partial charge in [-0.1, -0.05) is 5.16 Å². The molecule has 0 aromatic rings. The van der Waals surface area contributed by atoms with E-state index in [0.717, 1.165) is 7.05 Å². The van der Waals surface area contributed by atoms with E-state index in [4.69, 9.17) is 4.84 Å². The van der Waals surface area contributed by atoms with Crippen LogP contribution in [0.2, 0.25) is 0 Å². The minimum absolute atomic E-state index is 0.0352. The summed E-state index contributed by atoms with van der Waals surface area (Å²) in [4.78, 5) is 4.93. The first-order valence-electron chi connectivity index (χ1n) is 6.38. The molecule has 0 radical (unpaired) electrons. The van der Waals surface area contributed by atoms with Crippen molar-refractivity contribution in [1.29, 1.82) is 0 Å². The van der Waals surface area contributed by atoms with Crippen molar-refractivity contribution in [3.05, 3.63) is 0 Å². The average Bonchev–Trinajstić information content (AvgIpc) is 2.83. The van der Waals surface area contributed by atoms with Crippen LogP contribution in [0.15, 0.2) is 10.3 Å². The third-order valence-corrected chi connectivity index (χ3v) is 5.11. The number of hydrazone groups is 1. The van der Waals surface area contributed by atoms with Crippen molar-refractivity contribution < 1.29 is 31.5 Å². The minimum Gasteiger partial charge on any atom is -0.389 e. The van der Waals surface area contributed by atoms with Gasteiger partial charge in [-0.25, -0.2) is 8.42 Å². The maximum atomic E-state index is 12.9. The van der Waals surface area contributed by atoms with Gasteiger partial charge in [-0.15, -0.1) is 0 Å². The second kappa shape index (κ2) is 5.08. The lowest BCUT2D eigenvalue weighted by molar-refractivity contribution is -0.0638. The van der Waals surface area contributed by atoms with E-state index >= 15 is 0 Å². The Kier molecular flexibility index (Phi) is 3.93. The maximum Gasteiger partial charge on any atom is 0.431 e. The van der Waals surface area contributed by atoms with Gasteiger partial charge >= 0.3 is 6.18 Å². The normalized spacial score (nSPS) is 28.4. The molecule has 0 amide bonds. The third kappa shape index (κ3) is 3.19. The van der Waals surface area contributed by atoms with Crippen LogP contribution < -0.4 is 0 Å². The van der Waals surface area contributed by atoms with Crippen LogP contribution in [-0.4, -0.2) is 60.1 Å². The van der Waals surface area contributed by atoms with Crippen molar-refractivity contribution in [2.75, 3.05) is 12.8 Å². The fraction of sp³-hybridized carbons (Fsp3) is 0.818. The molecule has 0 bridgehead atoms. The van der Waals surface area contributed by atoms with Gasteiger partial charge in [0.25, 0.3) is 0 Å². The second-order valence-electron chi connectivity index (χ2n) is 5.87. The van der Waals surface area contributed by atoms with Crippen molar-refractivity contribution in [1.82, 2.24) is 5.01 Å². The molecule has 2 aliphatic heterocycles. The highest BCUT2D eigenvalue weighted by Gasteiger charge is 2.51. The monoisotopic (exact) mass is 343 g/mol. The summed E-state index contributed by atoms with van der Waals surface area (Å²) in [5.41, 5.74) is -2.14. The highest BCUT2D eigenvalue weighted by atomic mass is 32.2. The zero-order valence-electron chi connectivity index (χ0n) is 12.1. The highest BCUT2D eigenvalue weighted by molar-refractivity contribution is 8.06. The molecule has 2 aliphatic rings. The summed E-state index contributed by atoms with van der Waals surface area (Å²) in [5.74, 6) is -2.63. The number of hydrogen-bond donors (Lipinski definition) is 1. The van der Waals surface area contributed by atoms with Crippen LogP contribution in [0.4, 0.5) is 13.2 Å². The molecule has 126 valence electrons. The van der Waals surface area contributed by atoms with Gasteiger partial charge in [0.1, 0.15) is 5.60 Å². The lowest BCUT2D eigenvalue weighted by Crippen LogP contribution is -2.41. The Morgan fingerprint density at radius 3 is 2.50 bits per heavy atom. The largest absolute Gasteiger partial charge is 0.431 e. The van der Waals surface area contributed by atoms with Crippen molar-refractivity contribution in [2.24, 2.45) is 16.2 Å². The van der Waals surface area contributed by atoms with Gasteiger partial charge in [0.2, 0.25) is 0 Å². The summed E-state index contributed by atoms with van der Waals surface area (Å²) >= 11 is 0. The Morgan fingerprint density at radius 1 is 1.45 bits per heavy atom. The molecule has 11 heteroatoms. The molecule has 1 N–H and O–H groups in total. The standard InChI is InChI=1S/C11H16F3N3O4S/c1-10(2)4-7(16-21-10)22(19,20)5-6-8(11(12,13)14)15-17(3)9(6)18/h6,9,18H,4-5H2,1-3H3. The predicted octanol–water partition coefficient (Wildman–Crippen LogP) is 0.712. The molecule has 2 heterocycles. The molecule has 22 heavy (non-hydrogen) atoms. The summed E-state index contributed by atoms with van der Waals surface area (Å²) in [7, 11) is -2.97. The van der Waals surface area contributed by atoms with E-state index in [9.17, 15) is 26.7 Å². The molecule has 2 unspecified atom stereocenters. The number of hydrogen-bond acceptors (Lipinski definition) is 7. The van der Waals surface area contributed by atoms with Crippen LogP contribution in [0.1, 0.15) is 20.3 Å². The number of aliphatic hydroxyl groups excluding tert-OH is 1. The SMILES string of the molecule is CN1N=C(C(F)(F)F)C(CS(=O)(=O)C2=NOC(C)(C)C2)C1O. The Morgan fingerprint density at radius 2 is 2.05 bits per heavy atom. The Bertz CT molecular complexity index is 627. The summed E-state index contributed by atoms with van der Waals surface area (Å²) in [6, 6.07) is 0. The van der Waals surface area contributed by atoms with E-state index < -0.39 is 45.2 Å². The molecule has 0 spiro atoms. The summed E-state index contributed by atoms with van der Waals surface area (Å²) in [6.07, 6.45) is -6.52. The first-order chi connectivity index (χ1) is 9.83. The van der Waals surface area contributed by atoms with Crippen LogP contribution >= 0.6 is 0 Å². The first kappa shape index (κ1) is 17.0. The number of oxime groups is 1. The first-order valence-corrected chi connectivity index (χ1v) is 8.03. The highest BCUT2D eigenvalue weighted by Crippen LogP contribution is 2.33. The van der Waals surface area contributed by atoms with Crippen molar-refractivity contribution in [3.63, 3.8) is 0 Å². The topological polar surface area (TPSA) is 91.6 Å². The maximum absolute atomic E-state index is 12.9. The summed E-state index contributed by atoms with van der Waals surface area (Å²) < 4.78 is 63.2. The van der Waals surface area contributed by atoms with Crippen LogP contribution in [-0.2, 0) is 14.7 Å². The molecular formula is C11H16F3N3O4S. The summed E-state index contributed by atoms with van der Waals surface area (Å²) in [5, 5.41) is 16.8. The number of rotatable bonds is 2. The fourth-order valence-electron chi connectivity index (χ4n) is 2.24. The summed E-state index contributed by atoms with van der Waals surface area (Å²) in [6.45, 7) is 3.22. The molecule has 0 saturated carbocycles. The minimum atomic E-state index is -4.82. The van der Waals surface area contributed by atoms with Gasteiger partial charge in [-0.05, 0) is 13.8 Å². The molecule has 7 nitrogen and oxygen atoms in total. The Hall–Kier alpha value is -1.36. The van der Waals surface area contributed by atoms with Crippen molar-refractivity contribution in [3.8, 4) is 0 Å². The quantitative estimate of drug-likeness (QED) is 0.797. The number of nitrogens with zero attached hydrogens (tertiary/aromatic N) is 3. The number of sulfone groups is 1. The third-order valence-electron chi connectivity index (χ3n) is 3.38. The second-order valence-corrected chi connectivity index (χ2v) is 7.91. The van der Waals surface area contributed by atoms with Crippen LogP contribution in [0.3, 0.4) is 0 Å². The molecule has 2 rings (SSSR count). The fourth-order valence-corrected chi connectivity index (χ4v) is 3.95. The molecule has 0 saturated heterocycles. The smallest absolute Gasteiger partial charge is 0.389 e. The van der Waals surface area contributed by atoms with Gasteiger partial charge in [-0.3, -0.25) is 5.01 Å². The van der Waals surface area contributed by atoms with Crippen LogP contribution in [0.25, 0.3) is 0 Å². The molecule has 0 aromatic carbocycles. The zero-order valence-corrected chi connectivity index (χ0v) is 12.9. The molecule has 0 aliphatic carbocycles. The number of aliphatic hydroxyl groups is 1. The van der Waals surface area contributed by atoms with E-state index in [2.05, 4.69) is 10.3 Å². The van der Waals surface area contributed by atoms with Crippen molar-refractivity contribution >= 4 is 20.6 Å². The molecular weight excluding hydrogens is 327 g/mol.